The van der Waals surface area contributed by atoms with Gasteiger partial charge in [-0.3, -0.25) is 4.79 Å². The summed E-state index contributed by atoms with van der Waals surface area (Å²) in [6.45, 7) is 4.95. The number of hydrogen-bond acceptors (Lipinski definition) is 2. The van der Waals surface area contributed by atoms with Crippen molar-refractivity contribution >= 4 is 5.91 Å². The molecular formula is C10H19F3N2O. The number of amides is 1. The van der Waals surface area contributed by atoms with E-state index in [1.807, 2.05) is 0 Å². The van der Waals surface area contributed by atoms with Crippen LogP contribution in [0.15, 0.2) is 0 Å². The third-order valence-electron chi connectivity index (χ3n) is 2.32. The van der Waals surface area contributed by atoms with Crippen LogP contribution in [-0.4, -0.2) is 23.7 Å². The van der Waals surface area contributed by atoms with E-state index in [1.165, 1.54) is 0 Å². The molecule has 0 rings (SSSR count). The molecule has 0 saturated heterocycles. The van der Waals surface area contributed by atoms with Gasteiger partial charge in [-0.1, -0.05) is 0 Å². The molecule has 1 atom stereocenters. The Labute approximate surface area is 93.6 Å². The smallest absolute Gasteiger partial charge is 0.368 e. The second-order valence-electron chi connectivity index (χ2n) is 4.54. The fraction of sp³-hybridized carbons (Fsp3) is 0.900. The van der Waals surface area contributed by atoms with Gasteiger partial charge >= 0.3 is 6.18 Å². The molecule has 16 heavy (non-hydrogen) atoms. The topological polar surface area (TPSA) is 55.1 Å². The lowest BCUT2D eigenvalue weighted by Crippen LogP contribution is -2.53. The lowest BCUT2D eigenvalue weighted by Gasteiger charge is -2.27. The van der Waals surface area contributed by atoms with Gasteiger partial charge in [0.15, 0.2) is 0 Å². The molecule has 0 heterocycles. The lowest BCUT2D eigenvalue weighted by molar-refractivity contribution is -0.136. The summed E-state index contributed by atoms with van der Waals surface area (Å²) in [7, 11) is 0. The van der Waals surface area contributed by atoms with Gasteiger partial charge in [0, 0.05) is 12.5 Å². The monoisotopic (exact) mass is 240 g/mol. The van der Waals surface area contributed by atoms with Gasteiger partial charge in [-0.05, 0) is 33.6 Å². The van der Waals surface area contributed by atoms with Crippen LogP contribution in [-0.2, 0) is 4.79 Å². The zero-order chi connectivity index (χ0) is 13.0. The Morgan fingerprint density at radius 1 is 1.38 bits per heavy atom. The molecule has 0 aromatic carbocycles. The molecule has 0 spiro atoms. The van der Waals surface area contributed by atoms with Crippen LogP contribution in [0, 0.1) is 0 Å². The average Bonchev–Trinajstić information content (AvgIpc) is 1.99. The summed E-state index contributed by atoms with van der Waals surface area (Å²) in [5, 5.41) is 2.90. The molecule has 1 unspecified atom stereocenters. The first-order valence-corrected chi connectivity index (χ1v) is 5.19. The molecule has 0 aliphatic heterocycles. The molecule has 3 nitrogen and oxygen atoms in total. The Hall–Kier alpha value is -0.780. The largest absolute Gasteiger partial charge is 0.389 e. The summed E-state index contributed by atoms with van der Waals surface area (Å²) in [4.78, 5) is 11.0. The summed E-state index contributed by atoms with van der Waals surface area (Å²) < 4.78 is 35.6. The summed E-state index contributed by atoms with van der Waals surface area (Å²) >= 11 is 0. The molecule has 0 aliphatic carbocycles. The fourth-order valence-corrected chi connectivity index (χ4v) is 1.37. The van der Waals surface area contributed by atoms with Crippen LogP contribution in [0.5, 0.6) is 0 Å². The van der Waals surface area contributed by atoms with Crippen molar-refractivity contribution in [1.82, 2.24) is 5.32 Å². The molecule has 3 N–H and O–H groups in total. The molecule has 0 bridgehead atoms. The van der Waals surface area contributed by atoms with E-state index in [1.54, 1.807) is 20.8 Å². The van der Waals surface area contributed by atoms with Gasteiger partial charge in [0.05, 0.1) is 5.54 Å². The van der Waals surface area contributed by atoms with Crippen molar-refractivity contribution in [3.05, 3.63) is 0 Å². The quantitative estimate of drug-likeness (QED) is 0.745. The van der Waals surface area contributed by atoms with Gasteiger partial charge in [0.2, 0.25) is 5.91 Å². The van der Waals surface area contributed by atoms with Gasteiger partial charge in [-0.15, -0.1) is 0 Å². The van der Waals surface area contributed by atoms with Crippen molar-refractivity contribution in [2.45, 2.75) is 57.8 Å². The third kappa shape index (κ3) is 6.66. The number of nitrogens with two attached hydrogens (primary N) is 1. The Morgan fingerprint density at radius 3 is 2.25 bits per heavy atom. The Balaban J connectivity index is 3.92. The highest BCUT2D eigenvalue weighted by atomic mass is 19.4. The maximum Gasteiger partial charge on any atom is 0.389 e. The number of halogens is 3. The van der Waals surface area contributed by atoms with E-state index in [2.05, 4.69) is 5.32 Å². The summed E-state index contributed by atoms with van der Waals surface area (Å²) in [6, 6.07) is -0.176. The molecule has 96 valence electrons. The van der Waals surface area contributed by atoms with Crippen LogP contribution in [0.2, 0.25) is 0 Å². The summed E-state index contributed by atoms with van der Waals surface area (Å²) in [6.07, 6.45) is -4.50. The van der Waals surface area contributed by atoms with Crippen molar-refractivity contribution < 1.29 is 18.0 Å². The van der Waals surface area contributed by atoms with Crippen molar-refractivity contribution in [2.75, 3.05) is 0 Å². The van der Waals surface area contributed by atoms with E-state index in [0.29, 0.717) is 6.42 Å². The second kappa shape index (κ2) is 5.52. The minimum absolute atomic E-state index is 0.0481. The Bertz CT molecular complexity index is 239. The maximum absolute atomic E-state index is 11.9. The molecule has 6 heteroatoms. The molecule has 0 aromatic rings. The van der Waals surface area contributed by atoms with Crippen LogP contribution >= 0.6 is 0 Å². The lowest BCUT2D eigenvalue weighted by atomic mass is 10.0. The predicted octanol–water partition coefficient (Wildman–Crippen LogP) is 1.96. The number of hydrogen-bond donors (Lipinski definition) is 2. The maximum atomic E-state index is 11.9. The van der Waals surface area contributed by atoms with Gasteiger partial charge in [-0.2, -0.15) is 13.2 Å². The molecule has 0 fully saturated rings. The molecule has 0 aliphatic rings. The zero-order valence-corrected chi connectivity index (χ0v) is 9.82. The summed E-state index contributed by atoms with van der Waals surface area (Å²) in [5.74, 6) is -0.518. The van der Waals surface area contributed by atoms with Gasteiger partial charge in [0.1, 0.15) is 0 Å². The van der Waals surface area contributed by atoms with Crippen LogP contribution < -0.4 is 11.1 Å². The van der Waals surface area contributed by atoms with E-state index in [4.69, 9.17) is 5.73 Å². The molecule has 0 aromatic heterocycles. The van der Waals surface area contributed by atoms with Crippen molar-refractivity contribution in [2.24, 2.45) is 5.73 Å². The van der Waals surface area contributed by atoms with E-state index in [9.17, 15) is 18.0 Å². The van der Waals surface area contributed by atoms with Crippen molar-refractivity contribution in [3.63, 3.8) is 0 Å². The van der Waals surface area contributed by atoms with E-state index in [0.717, 1.165) is 0 Å². The number of rotatable bonds is 6. The van der Waals surface area contributed by atoms with Gasteiger partial charge in [-0.25, -0.2) is 0 Å². The first-order valence-electron chi connectivity index (χ1n) is 5.19. The minimum Gasteiger partial charge on any atom is -0.368 e. The highest BCUT2D eigenvalue weighted by Crippen LogP contribution is 2.22. The van der Waals surface area contributed by atoms with Crippen molar-refractivity contribution in [1.29, 1.82) is 0 Å². The first kappa shape index (κ1) is 15.2. The van der Waals surface area contributed by atoms with Crippen LogP contribution in [0.4, 0.5) is 13.2 Å². The number of carbonyl (C=O) groups is 1. The third-order valence-corrected chi connectivity index (χ3v) is 2.32. The highest BCUT2D eigenvalue weighted by Gasteiger charge is 2.28. The first-order chi connectivity index (χ1) is 7.04. The normalized spacial score (nSPS) is 14.9. The Kier molecular flexibility index (Phi) is 5.25. The molecule has 1 amide bonds. The number of nitrogens with one attached hydrogen (secondary N) is 1. The van der Waals surface area contributed by atoms with E-state index in [-0.39, 0.29) is 12.5 Å². The van der Waals surface area contributed by atoms with Crippen molar-refractivity contribution in [3.8, 4) is 0 Å². The molecular weight excluding hydrogens is 221 g/mol. The number of primary amides is 1. The van der Waals surface area contributed by atoms with Gasteiger partial charge in [0.25, 0.3) is 0 Å². The highest BCUT2D eigenvalue weighted by molar-refractivity contribution is 5.83. The van der Waals surface area contributed by atoms with Crippen LogP contribution in [0.1, 0.15) is 40.0 Å². The Morgan fingerprint density at radius 2 is 1.88 bits per heavy atom. The molecule has 0 saturated carbocycles. The van der Waals surface area contributed by atoms with E-state index < -0.39 is 24.0 Å². The molecule has 0 radical (unpaired) electrons. The number of alkyl halides is 3. The summed E-state index contributed by atoms with van der Waals surface area (Å²) in [5.41, 5.74) is 4.24. The zero-order valence-electron chi connectivity index (χ0n) is 9.82. The standard InChI is InChI=1S/C10H19F3N2O/c1-7(5-4-6-10(11,12)13)15-9(2,3)8(14)16/h7,15H,4-6H2,1-3H3,(H2,14,16). The predicted molar refractivity (Wildman–Crippen MR) is 55.8 cm³/mol. The van der Waals surface area contributed by atoms with Crippen LogP contribution in [0.25, 0.3) is 0 Å². The minimum atomic E-state index is -4.11. The SMILES string of the molecule is CC(CCCC(F)(F)F)NC(C)(C)C(N)=O. The second-order valence-corrected chi connectivity index (χ2v) is 4.54. The average molecular weight is 240 g/mol. The fourth-order valence-electron chi connectivity index (χ4n) is 1.37. The van der Waals surface area contributed by atoms with Crippen LogP contribution in [0.3, 0.4) is 0 Å². The van der Waals surface area contributed by atoms with E-state index >= 15 is 0 Å². The number of carbonyl (C=O) groups excluding carboxylic acids is 1. The van der Waals surface area contributed by atoms with Gasteiger partial charge < -0.3 is 11.1 Å².